The molecule has 1 N–H and O–H groups in total. The number of hydrogen-bond acceptors (Lipinski definition) is 5. The topological polar surface area (TPSA) is 67.9 Å². The van der Waals surface area contributed by atoms with Gasteiger partial charge in [0, 0.05) is 7.05 Å². The third-order valence-corrected chi connectivity index (χ3v) is 4.83. The van der Waals surface area contributed by atoms with Crippen molar-refractivity contribution in [3.63, 3.8) is 0 Å². The molecule has 1 heterocycles. The van der Waals surface area contributed by atoms with E-state index in [4.69, 9.17) is 33.3 Å². The Morgan fingerprint density at radius 3 is 2.59 bits per heavy atom. The first-order valence-electron chi connectivity index (χ1n) is 8.88. The van der Waals surface area contributed by atoms with Crippen LogP contribution in [0, 0.1) is 0 Å². The molecule has 0 aliphatic carbocycles. The van der Waals surface area contributed by atoms with Gasteiger partial charge in [-0.3, -0.25) is 19.8 Å². The van der Waals surface area contributed by atoms with Crippen molar-refractivity contribution in [1.82, 2.24) is 10.2 Å². The van der Waals surface area contributed by atoms with Crippen molar-refractivity contribution in [2.45, 2.75) is 13.5 Å². The maximum Gasteiger partial charge on any atom is 0.265 e. The molecule has 0 aromatic heterocycles. The molecule has 0 saturated carbocycles. The monoisotopic (exact) mass is 430 g/mol. The van der Waals surface area contributed by atoms with E-state index < -0.39 is 11.8 Å². The maximum atomic E-state index is 12.4. The van der Waals surface area contributed by atoms with Crippen LogP contribution in [0.5, 0.6) is 11.5 Å². The van der Waals surface area contributed by atoms with Crippen LogP contribution in [-0.2, 0) is 16.2 Å². The molecule has 2 amide bonds. The van der Waals surface area contributed by atoms with Crippen LogP contribution in [0.25, 0.3) is 6.08 Å². The summed E-state index contributed by atoms with van der Waals surface area (Å²) in [6.45, 7) is 2.56. The minimum atomic E-state index is -0.559. The highest BCUT2D eigenvalue weighted by Crippen LogP contribution is 2.38. The molecule has 0 atom stereocenters. The molecular formula is C21H19ClN2O4S. The second-order valence-electron chi connectivity index (χ2n) is 6.22. The number of halogens is 1. The zero-order valence-electron chi connectivity index (χ0n) is 15.9. The summed E-state index contributed by atoms with van der Waals surface area (Å²) >= 11 is 11.4. The molecule has 1 aliphatic heterocycles. The summed E-state index contributed by atoms with van der Waals surface area (Å²) in [7, 11) is 1.50. The van der Waals surface area contributed by atoms with Crippen molar-refractivity contribution in [2.24, 2.45) is 0 Å². The van der Waals surface area contributed by atoms with E-state index >= 15 is 0 Å². The molecule has 0 radical (unpaired) electrons. The Hall–Kier alpha value is -2.90. The summed E-state index contributed by atoms with van der Waals surface area (Å²) in [5.74, 6) is -0.221. The number of carbonyl (C=O) groups is 2. The van der Waals surface area contributed by atoms with Crippen LogP contribution in [0.4, 0.5) is 0 Å². The fourth-order valence-electron chi connectivity index (χ4n) is 2.72. The predicted molar refractivity (Wildman–Crippen MR) is 115 cm³/mol. The zero-order valence-corrected chi connectivity index (χ0v) is 17.5. The lowest BCUT2D eigenvalue weighted by molar-refractivity contribution is -0.128. The maximum absolute atomic E-state index is 12.4. The minimum Gasteiger partial charge on any atom is -0.490 e. The van der Waals surface area contributed by atoms with Gasteiger partial charge >= 0.3 is 0 Å². The van der Waals surface area contributed by atoms with Crippen LogP contribution < -0.4 is 14.8 Å². The van der Waals surface area contributed by atoms with Crippen LogP contribution in [0.2, 0.25) is 5.02 Å². The summed E-state index contributed by atoms with van der Waals surface area (Å²) in [5.41, 5.74) is 1.48. The lowest BCUT2D eigenvalue weighted by Gasteiger charge is -2.25. The van der Waals surface area contributed by atoms with E-state index in [1.54, 1.807) is 12.1 Å². The number of thiocarbonyl (C=S) groups is 1. The quantitative estimate of drug-likeness (QED) is 0.431. The van der Waals surface area contributed by atoms with Crippen molar-refractivity contribution in [2.75, 3.05) is 13.7 Å². The van der Waals surface area contributed by atoms with Gasteiger partial charge in [-0.05, 0) is 48.5 Å². The van der Waals surface area contributed by atoms with Crippen LogP contribution in [0.3, 0.4) is 0 Å². The Morgan fingerprint density at radius 1 is 1.17 bits per heavy atom. The molecular weight excluding hydrogens is 412 g/mol. The molecule has 3 rings (SSSR count). The Morgan fingerprint density at radius 2 is 1.90 bits per heavy atom. The molecule has 8 heteroatoms. The molecule has 29 heavy (non-hydrogen) atoms. The van der Waals surface area contributed by atoms with Gasteiger partial charge in [-0.1, -0.05) is 41.9 Å². The van der Waals surface area contributed by atoms with Crippen molar-refractivity contribution >= 4 is 46.8 Å². The minimum absolute atomic E-state index is 0.0439. The van der Waals surface area contributed by atoms with Gasteiger partial charge in [0.15, 0.2) is 16.6 Å². The standard InChI is InChI=1S/C21H19ClN2O4S/c1-3-27-17-11-14(9-15-19(25)23-21(29)24(2)20(15)26)10-16(22)18(17)28-12-13-7-5-4-6-8-13/h4-11H,3,12H2,1-2H3,(H,23,25,29)/b15-9+. The fraction of sp³-hybridized carbons (Fsp3) is 0.190. The van der Waals surface area contributed by atoms with E-state index in [2.05, 4.69) is 5.32 Å². The average molecular weight is 431 g/mol. The van der Waals surface area contributed by atoms with Gasteiger partial charge in [-0.2, -0.15) is 0 Å². The largest absolute Gasteiger partial charge is 0.490 e. The van der Waals surface area contributed by atoms with Gasteiger partial charge in [0.05, 0.1) is 11.6 Å². The third kappa shape index (κ3) is 4.75. The van der Waals surface area contributed by atoms with Gasteiger partial charge in [0.25, 0.3) is 11.8 Å². The Labute approximate surface area is 179 Å². The Bertz CT molecular complexity index is 992. The predicted octanol–water partition coefficient (Wildman–Crippen LogP) is 3.57. The number of benzene rings is 2. The number of ether oxygens (including phenoxy) is 2. The van der Waals surface area contributed by atoms with E-state index in [1.807, 2.05) is 37.3 Å². The molecule has 2 aromatic rings. The van der Waals surface area contributed by atoms with E-state index in [0.717, 1.165) is 5.56 Å². The number of amides is 2. The zero-order chi connectivity index (χ0) is 21.0. The second kappa shape index (κ2) is 9.07. The van der Waals surface area contributed by atoms with Crippen LogP contribution >= 0.6 is 23.8 Å². The number of carbonyl (C=O) groups excluding carboxylic acids is 2. The van der Waals surface area contributed by atoms with Gasteiger partial charge in [-0.25, -0.2) is 0 Å². The molecule has 6 nitrogen and oxygen atoms in total. The van der Waals surface area contributed by atoms with E-state index in [0.29, 0.717) is 35.3 Å². The summed E-state index contributed by atoms with van der Waals surface area (Å²) in [6.07, 6.45) is 1.45. The van der Waals surface area contributed by atoms with Crippen molar-refractivity contribution in [3.05, 3.63) is 64.2 Å². The lowest BCUT2D eigenvalue weighted by atomic mass is 10.1. The van der Waals surface area contributed by atoms with Gasteiger partial charge < -0.3 is 9.47 Å². The molecule has 1 aliphatic rings. The van der Waals surface area contributed by atoms with E-state index in [-0.39, 0.29) is 10.7 Å². The summed E-state index contributed by atoms with van der Waals surface area (Å²) in [4.78, 5) is 25.8. The lowest BCUT2D eigenvalue weighted by Crippen LogP contribution is -2.52. The van der Waals surface area contributed by atoms with Crippen molar-refractivity contribution in [1.29, 1.82) is 0 Å². The van der Waals surface area contributed by atoms with Crippen molar-refractivity contribution < 1.29 is 19.1 Å². The van der Waals surface area contributed by atoms with Crippen LogP contribution in [-0.4, -0.2) is 35.5 Å². The Kier molecular flexibility index (Phi) is 6.51. The SMILES string of the molecule is CCOc1cc(/C=C2\C(=O)NC(=S)N(C)C2=O)cc(Cl)c1OCc1ccccc1. The molecule has 1 saturated heterocycles. The normalized spacial score (nSPS) is 15.5. The van der Waals surface area contributed by atoms with Crippen molar-refractivity contribution in [3.8, 4) is 11.5 Å². The van der Waals surface area contributed by atoms with Gasteiger partial charge in [0.2, 0.25) is 0 Å². The van der Waals surface area contributed by atoms with E-state index in [1.165, 1.54) is 18.0 Å². The first-order valence-corrected chi connectivity index (χ1v) is 9.67. The molecule has 0 unspecified atom stereocenters. The summed E-state index contributed by atoms with van der Waals surface area (Å²) in [5, 5.41) is 2.85. The number of hydrogen-bond donors (Lipinski definition) is 1. The van der Waals surface area contributed by atoms with E-state index in [9.17, 15) is 9.59 Å². The van der Waals surface area contributed by atoms with Crippen LogP contribution in [0.15, 0.2) is 48.0 Å². The number of rotatable bonds is 6. The molecule has 0 bridgehead atoms. The third-order valence-electron chi connectivity index (χ3n) is 4.17. The molecule has 0 spiro atoms. The summed E-state index contributed by atoms with van der Waals surface area (Å²) in [6, 6.07) is 13.0. The second-order valence-corrected chi connectivity index (χ2v) is 7.01. The highest BCUT2D eigenvalue weighted by Gasteiger charge is 2.30. The highest BCUT2D eigenvalue weighted by molar-refractivity contribution is 7.80. The molecule has 1 fully saturated rings. The fourth-order valence-corrected chi connectivity index (χ4v) is 3.17. The highest BCUT2D eigenvalue weighted by atomic mass is 35.5. The first-order chi connectivity index (χ1) is 13.9. The number of nitrogens with one attached hydrogen (secondary N) is 1. The summed E-state index contributed by atoms with van der Waals surface area (Å²) < 4.78 is 11.5. The number of nitrogens with zero attached hydrogens (tertiary/aromatic N) is 1. The number of likely N-dealkylation sites (N-methyl/N-ethyl adjacent to an activating group) is 1. The molecule has 2 aromatic carbocycles. The smallest absolute Gasteiger partial charge is 0.265 e. The molecule has 150 valence electrons. The first kappa shape index (κ1) is 20.8. The van der Waals surface area contributed by atoms with Gasteiger partial charge in [0.1, 0.15) is 12.2 Å². The van der Waals surface area contributed by atoms with Gasteiger partial charge in [-0.15, -0.1) is 0 Å². The average Bonchev–Trinajstić information content (AvgIpc) is 2.70. The van der Waals surface area contributed by atoms with Crippen LogP contribution in [0.1, 0.15) is 18.1 Å². The Balaban J connectivity index is 1.92.